The Morgan fingerprint density at radius 1 is 0.960 bits per heavy atom. The van der Waals surface area contributed by atoms with Crippen molar-refractivity contribution in [3.8, 4) is 0 Å². The molecule has 0 saturated carbocycles. The summed E-state index contributed by atoms with van der Waals surface area (Å²) < 4.78 is 0. The summed E-state index contributed by atoms with van der Waals surface area (Å²) in [5.74, 6) is -1.56. The molecule has 0 N–H and O–H groups in total. The van der Waals surface area contributed by atoms with Crippen LogP contribution in [-0.2, 0) is 16.1 Å². The van der Waals surface area contributed by atoms with Crippen LogP contribution >= 0.6 is 23.2 Å². The SMILES string of the molecule is O=C1C(=O)N(Cc2ccc(Cl)c(Cl)c2)C(=O)N1CCC1=CCCCC1. The van der Waals surface area contributed by atoms with Crippen molar-refractivity contribution in [3.05, 3.63) is 45.5 Å². The van der Waals surface area contributed by atoms with Crippen LogP contribution in [0.25, 0.3) is 0 Å². The van der Waals surface area contributed by atoms with E-state index in [4.69, 9.17) is 23.2 Å². The first kappa shape index (κ1) is 18.0. The number of carbonyl (C=O) groups is 3. The zero-order valence-electron chi connectivity index (χ0n) is 13.6. The second-order valence-corrected chi connectivity index (χ2v) is 7.05. The Balaban J connectivity index is 1.68. The second kappa shape index (κ2) is 7.58. The molecule has 3 rings (SSSR count). The minimum Gasteiger partial charge on any atom is -0.263 e. The highest BCUT2D eigenvalue weighted by molar-refractivity contribution is 6.44. The Bertz CT molecular complexity index is 761. The van der Waals surface area contributed by atoms with E-state index < -0.39 is 17.8 Å². The maximum absolute atomic E-state index is 12.5. The highest BCUT2D eigenvalue weighted by atomic mass is 35.5. The van der Waals surface area contributed by atoms with Gasteiger partial charge >= 0.3 is 17.8 Å². The molecule has 1 heterocycles. The van der Waals surface area contributed by atoms with E-state index in [2.05, 4.69) is 6.08 Å². The molecule has 25 heavy (non-hydrogen) atoms. The van der Waals surface area contributed by atoms with Gasteiger partial charge in [0, 0.05) is 6.54 Å². The van der Waals surface area contributed by atoms with E-state index in [9.17, 15) is 14.4 Å². The third-order valence-corrected chi connectivity index (χ3v) is 5.24. The summed E-state index contributed by atoms with van der Waals surface area (Å²) in [7, 11) is 0. The molecule has 0 bridgehead atoms. The average Bonchev–Trinajstić information content (AvgIpc) is 2.81. The van der Waals surface area contributed by atoms with Crippen molar-refractivity contribution >= 4 is 41.0 Å². The number of imide groups is 2. The second-order valence-electron chi connectivity index (χ2n) is 6.24. The maximum Gasteiger partial charge on any atom is 0.334 e. The van der Waals surface area contributed by atoms with Gasteiger partial charge in [-0.05, 0) is 49.8 Å². The number of halogens is 2. The van der Waals surface area contributed by atoms with Crippen LogP contribution in [0, 0.1) is 0 Å². The lowest BCUT2D eigenvalue weighted by Crippen LogP contribution is -2.34. The van der Waals surface area contributed by atoms with Crippen molar-refractivity contribution < 1.29 is 14.4 Å². The predicted molar refractivity (Wildman–Crippen MR) is 95.3 cm³/mol. The molecule has 0 atom stereocenters. The fraction of sp³-hybridized carbons (Fsp3) is 0.389. The Labute approximate surface area is 156 Å². The summed E-state index contributed by atoms with van der Waals surface area (Å²) in [5, 5.41) is 0.730. The summed E-state index contributed by atoms with van der Waals surface area (Å²) in [4.78, 5) is 38.8. The van der Waals surface area contributed by atoms with Gasteiger partial charge < -0.3 is 0 Å². The van der Waals surface area contributed by atoms with Crippen LogP contribution in [0.5, 0.6) is 0 Å². The van der Waals surface area contributed by atoms with Gasteiger partial charge in [0.2, 0.25) is 0 Å². The highest BCUT2D eigenvalue weighted by Crippen LogP contribution is 2.25. The summed E-state index contributed by atoms with van der Waals surface area (Å²) in [6, 6.07) is 4.29. The molecule has 7 heteroatoms. The number of amides is 4. The van der Waals surface area contributed by atoms with Crippen LogP contribution in [0.2, 0.25) is 10.0 Å². The van der Waals surface area contributed by atoms with Gasteiger partial charge in [-0.3, -0.25) is 19.4 Å². The molecule has 1 aromatic carbocycles. The fourth-order valence-corrected chi connectivity index (χ4v) is 3.42. The number of benzene rings is 1. The topological polar surface area (TPSA) is 57.7 Å². The summed E-state index contributed by atoms with van der Waals surface area (Å²) in [5.41, 5.74) is 1.89. The fourth-order valence-electron chi connectivity index (χ4n) is 3.09. The largest absolute Gasteiger partial charge is 0.334 e. The molecule has 1 fully saturated rings. The third-order valence-electron chi connectivity index (χ3n) is 4.50. The number of allylic oxidation sites excluding steroid dienone is 1. The molecule has 0 radical (unpaired) electrons. The van der Waals surface area contributed by atoms with E-state index in [-0.39, 0.29) is 13.1 Å². The maximum atomic E-state index is 12.5. The molecular weight excluding hydrogens is 363 g/mol. The normalized spacial score (nSPS) is 18.2. The van der Waals surface area contributed by atoms with Gasteiger partial charge in [0.05, 0.1) is 16.6 Å². The number of urea groups is 1. The van der Waals surface area contributed by atoms with Crippen molar-refractivity contribution in [3.63, 3.8) is 0 Å². The lowest BCUT2D eigenvalue weighted by atomic mass is 9.97. The van der Waals surface area contributed by atoms with Crippen molar-refractivity contribution in [1.82, 2.24) is 9.80 Å². The molecule has 4 amide bonds. The van der Waals surface area contributed by atoms with Crippen LogP contribution in [0.1, 0.15) is 37.7 Å². The van der Waals surface area contributed by atoms with Gasteiger partial charge in [0.25, 0.3) is 0 Å². The van der Waals surface area contributed by atoms with E-state index in [0.717, 1.165) is 29.1 Å². The average molecular weight is 381 g/mol. The van der Waals surface area contributed by atoms with Crippen LogP contribution in [0.15, 0.2) is 29.8 Å². The monoisotopic (exact) mass is 380 g/mol. The summed E-state index contributed by atoms with van der Waals surface area (Å²) in [6.45, 7) is 0.243. The predicted octanol–water partition coefficient (Wildman–Crippen LogP) is 4.17. The summed E-state index contributed by atoms with van der Waals surface area (Å²) in [6.07, 6.45) is 7.16. The minimum atomic E-state index is -0.798. The Kier molecular flexibility index (Phi) is 5.45. The molecule has 0 spiro atoms. The molecule has 1 aromatic rings. The van der Waals surface area contributed by atoms with Crippen LogP contribution in [0.4, 0.5) is 4.79 Å². The van der Waals surface area contributed by atoms with Crippen LogP contribution in [-0.4, -0.2) is 34.2 Å². The molecule has 132 valence electrons. The first-order valence-corrected chi connectivity index (χ1v) is 9.02. The first-order chi connectivity index (χ1) is 12.0. The molecule has 1 saturated heterocycles. The number of hydrogen-bond acceptors (Lipinski definition) is 3. The third kappa shape index (κ3) is 3.88. The minimum absolute atomic E-state index is 0.000504. The molecule has 0 unspecified atom stereocenters. The quantitative estimate of drug-likeness (QED) is 0.437. The lowest BCUT2D eigenvalue weighted by molar-refractivity contribution is -0.143. The molecule has 1 aliphatic heterocycles. The van der Waals surface area contributed by atoms with E-state index in [1.165, 1.54) is 12.0 Å². The lowest BCUT2D eigenvalue weighted by Gasteiger charge is -2.18. The Morgan fingerprint density at radius 2 is 1.72 bits per heavy atom. The summed E-state index contributed by atoms with van der Waals surface area (Å²) >= 11 is 11.8. The molecular formula is C18H18Cl2N2O3. The standard InChI is InChI=1S/C18H18Cl2N2O3/c19-14-7-6-13(10-15(14)20)11-22-17(24)16(23)21(18(22)25)9-8-12-4-2-1-3-5-12/h4,6-7,10H,1-3,5,8-9,11H2. The van der Waals surface area contributed by atoms with Crippen molar-refractivity contribution in [2.45, 2.75) is 38.6 Å². The van der Waals surface area contributed by atoms with Crippen molar-refractivity contribution in [2.75, 3.05) is 6.54 Å². The van der Waals surface area contributed by atoms with Gasteiger partial charge in [-0.2, -0.15) is 0 Å². The van der Waals surface area contributed by atoms with Crippen LogP contribution < -0.4 is 0 Å². The van der Waals surface area contributed by atoms with Gasteiger partial charge in [-0.15, -0.1) is 0 Å². The van der Waals surface area contributed by atoms with Crippen molar-refractivity contribution in [1.29, 1.82) is 0 Å². The van der Waals surface area contributed by atoms with Gasteiger partial charge in [-0.1, -0.05) is 40.9 Å². The Morgan fingerprint density at radius 3 is 2.40 bits per heavy atom. The van der Waals surface area contributed by atoms with Gasteiger partial charge in [0.15, 0.2) is 0 Å². The molecule has 2 aliphatic rings. The van der Waals surface area contributed by atoms with Crippen LogP contribution in [0.3, 0.4) is 0 Å². The van der Waals surface area contributed by atoms with Crippen molar-refractivity contribution in [2.24, 2.45) is 0 Å². The molecule has 5 nitrogen and oxygen atoms in total. The van der Waals surface area contributed by atoms with Gasteiger partial charge in [-0.25, -0.2) is 4.79 Å². The number of rotatable bonds is 5. The number of carbonyl (C=O) groups excluding carboxylic acids is 3. The number of hydrogen-bond donors (Lipinski definition) is 0. The van der Waals surface area contributed by atoms with E-state index in [1.807, 2.05) is 0 Å². The highest BCUT2D eigenvalue weighted by Gasteiger charge is 2.44. The van der Waals surface area contributed by atoms with Gasteiger partial charge in [0.1, 0.15) is 0 Å². The zero-order chi connectivity index (χ0) is 18.0. The van der Waals surface area contributed by atoms with E-state index in [0.29, 0.717) is 22.0 Å². The van der Waals surface area contributed by atoms with E-state index >= 15 is 0 Å². The number of nitrogens with zero attached hydrogens (tertiary/aromatic N) is 2. The Hall–Kier alpha value is -1.85. The molecule has 0 aromatic heterocycles. The zero-order valence-corrected chi connectivity index (χ0v) is 15.1. The van der Waals surface area contributed by atoms with E-state index in [1.54, 1.807) is 18.2 Å². The smallest absolute Gasteiger partial charge is 0.263 e. The first-order valence-electron chi connectivity index (χ1n) is 8.26. The molecule has 1 aliphatic carbocycles.